The highest BCUT2D eigenvalue weighted by molar-refractivity contribution is 5.17. The lowest BCUT2D eigenvalue weighted by molar-refractivity contribution is 0.310. The zero-order chi connectivity index (χ0) is 15.4. The Hall–Kier alpha value is -1.68. The fourth-order valence-electron chi connectivity index (χ4n) is 3.36. The zero-order valence-corrected chi connectivity index (χ0v) is 13.7. The molecule has 1 N–H and O–H groups in total. The molecule has 22 heavy (non-hydrogen) atoms. The lowest BCUT2D eigenvalue weighted by Gasteiger charge is -2.16. The Bertz CT molecular complexity index is 599. The second kappa shape index (κ2) is 7.05. The SMILES string of the molecule is Cc1cccnc1CN(C)Cc1cnc(CC2CCCC2)[nH]1. The summed E-state index contributed by atoms with van der Waals surface area (Å²) < 4.78 is 0. The highest BCUT2D eigenvalue weighted by Crippen LogP contribution is 2.27. The van der Waals surface area contributed by atoms with Gasteiger partial charge in [-0.3, -0.25) is 9.88 Å². The van der Waals surface area contributed by atoms with Crippen LogP contribution >= 0.6 is 0 Å². The number of aromatic nitrogens is 3. The van der Waals surface area contributed by atoms with Crippen LogP contribution in [0.4, 0.5) is 0 Å². The first-order chi connectivity index (χ1) is 10.7. The van der Waals surface area contributed by atoms with Crippen LogP contribution in [0.2, 0.25) is 0 Å². The first kappa shape index (κ1) is 15.2. The first-order valence-electron chi connectivity index (χ1n) is 8.32. The van der Waals surface area contributed by atoms with Crippen molar-refractivity contribution in [1.29, 1.82) is 0 Å². The molecule has 0 saturated heterocycles. The van der Waals surface area contributed by atoms with E-state index in [2.05, 4.69) is 39.9 Å². The lowest BCUT2D eigenvalue weighted by Crippen LogP contribution is -2.19. The van der Waals surface area contributed by atoms with E-state index < -0.39 is 0 Å². The van der Waals surface area contributed by atoms with Gasteiger partial charge in [0.05, 0.1) is 5.69 Å². The normalized spacial score (nSPS) is 15.8. The van der Waals surface area contributed by atoms with Crippen LogP contribution in [0.15, 0.2) is 24.5 Å². The molecule has 2 aromatic heterocycles. The van der Waals surface area contributed by atoms with Gasteiger partial charge >= 0.3 is 0 Å². The Balaban J connectivity index is 1.54. The van der Waals surface area contributed by atoms with Crippen molar-refractivity contribution < 1.29 is 0 Å². The molecule has 0 unspecified atom stereocenters. The molecule has 0 spiro atoms. The van der Waals surface area contributed by atoms with Crippen LogP contribution < -0.4 is 0 Å². The molecule has 1 saturated carbocycles. The van der Waals surface area contributed by atoms with Crippen molar-refractivity contribution in [2.24, 2.45) is 5.92 Å². The van der Waals surface area contributed by atoms with Gasteiger partial charge in [-0.05, 0) is 31.5 Å². The van der Waals surface area contributed by atoms with Crippen molar-refractivity contribution in [3.8, 4) is 0 Å². The Morgan fingerprint density at radius 2 is 2.05 bits per heavy atom. The van der Waals surface area contributed by atoms with Crippen LogP contribution in [0, 0.1) is 12.8 Å². The summed E-state index contributed by atoms with van der Waals surface area (Å²) in [6, 6.07) is 4.11. The van der Waals surface area contributed by atoms with Gasteiger partial charge in [-0.15, -0.1) is 0 Å². The van der Waals surface area contributed by atoms with E-state index in [1.807, 2.05) is 18.5 Å². The van der Waals surface area contributed by atoms with Crippen molar-refractivity contribution in [2.75, 3.05) is 7.05 Å². The van der Waals surface area contributed by atoms with Gasteiger partial charge in [0.15, 0.2) is 0 Å². The number of H-pyrrole nitrogens is 1. The molecule has 0 atom stereocenters. The second-order valence-electron chi connectivity index (χ2n) is 6.65. The van der Waals surface area contributed by atoms with Gasteiger partial charge in [0.1, 0.15) is 5.82 Å². The molecule has 0 aliphatic heterocycles. The fraction of sp³-hybridized carbons (Fsp3) is 0.556. The summed E-state index contributed by atoms with van der Waals surface area (Å²) in [5.74, 6) is 2.00. The fourth-order valence-corrected chi connectivity index (χ4v) is 3.36. The van der Waals surface area contributed by atoms with Crippen LogP contribution in [-0.4, -0.2) is 26.9 Å². The van der Waals surface area contributed by atoms with Gasteiger partial charge in [-0.1, -0.05) is 31.7 Å². The van der Waals surface area contributed by atoms with Gasteiger partial charge in [0.2, 0.25) is 0 Å². The minimum atomic E-state index is 0.841. The first-order valence-corrected chi connectivity index (χ1v) is 8.32. The number of aromatic amines is 1. The Kier molecular flexibility index (Phi) is 4.88. The lowest BCUT2D eigenvalue weighted by atomic mass is 10.0. The average molecular weight is 298 g/mol. The zero-order valence-electron chi connectivity index (χ0n) is 13.7. The topological polar surface area (TPSA) is 44.8 Å². The van der Waals surface area contributed by atoms with Gasteiger partial charge in [-0.25, -0.2) is 4.98 Å². The minimum Gasteiger partial charge on any atom is -0.345 e. The maximum absolute atomic E-state index is 4.56. The molecule has 2 aromatic rings. The van der Waals surface area contributed by atoms with Crippen molar-refractivity contribution in [2.45, 2.75) is 52.1 Å². The van der Waals surface area contributed by atoms with Crippen molar-refractivity contribution >= 4 is 0 Å². The molecule has 1 aliphatic carbocycles. The maximum atomic E-state index is 4.56. The van der Waals surface area contributed by atoms with E-state index in [-0.39, 0.29) is 0 Å². The molecule has 1 aliphatic rings. The number of imidazole rings is 1. The number of hydrogen-bond donors (Lipinski definition) is 1. The Morgan fingerprint density at radius 1 is 1.23 bits per heavy atom. The molecule has 0 aromatic carbocycles. The van der Waals surface area contributed by atoms with E-state index >= 15 is 0 Å². The molecule has 4 nitrogen and oxygen atoms in total. The Labute approximate surface area is 133 Å². The average Bonchev–Trinajstić information content (AvgIpc) is 3.14. The van der Waals surface area contributed by atoms with Crippen LogP contribution in [0.3, 0.4) is 0 Å². The van der Waals surface area contributed by atoms with E-state index in [1.54, 1.807) is 0 Å². The summed E-state index contributed by atoms with van der Waals surface area (Å²) in [7, 11) is 2.13. The molecular weight excluding hydrogens is 272 g/mol. The van der Waals surface area contributed by atoms with E-state index in [9.17, 15) is 0 Å². The standard InChI is InChI=1S/C18H26N4/c1-14-6-5-9-19-17(14)13-22(2)12-16-11-20-18(21-16)10-15-7-3-4-8-15/h5-6,9,11,15H,3-4,7-8,10,12-13H2,1-2H3,(H,20,21). The molecule has 0 radical (unpaired) electrons. The third kappa shape index (κ3) is 3.95. The molecule has 118 valence electrons. The van der Waals surface area contributed by atoms with Crippen LogP contribution in [0.1, 0.15) is 48.5 Å². The third-order valence-corrected chi connectivity index (χ3v) is 4.62. The molecule has 3 rings (SSSR count). The summed E-state index contributed by atoms with van der Waals surface area (Å²) >= 11 is 0. The molecular formula is C18H26N4. The summed E-state index contributed by atoms with van der Waals surface area (Å²) in [6.07, 6.45) is 10.5. The molecule has 0 bridgehead atoms. The molecule has 1 fully saturated rings. The summed E-state index contributed by atoms with van der Waals surface area (Å²) in [5.41, 5.74) is 3.60. The van der Waals surface area contributed by atoms with Gasteiger partial charge in [-0.2, -0.15) is 0 Å². The van der Waals surface area contributed by atoms with Crippen molar-refractivity contribution in [1.82, 2.24) is 19.9 Å². The number of pyridine rings is 1. The van der Waals surface area contributed by atoms with E-state index in [4.69, 9.17) is 0 Å². The minimum absolute atomic E-state index is 0.841. The Morgan fingerprint density at radius 3 is 2.82 bits per heavy atom. The number of nitrogens with one attached hydrogen (secondary N) is 1. The summed E-state index contributed by atoms with van der Waals surface area (Å²) in [4.78, 5) is 14.8. The van der Waals surface area contributed by atoms with Crippen LogP contribution in [0.5, 0.6) is 0 Å². The van der Waals surface area contributed by atoms with Crippen molar-refractivity contribution in [3.05, 3.63) is 47.3 Å². The van der Waals surface area contributed by atoms with Gasteiger partial charge in [0.25, 0.3) is 0 Å². The number of nitrogens with zero attached hydrogens (tertiary/aromatic N) is 3. The van der Waals surface area contributed by atoms with Gasteiger partial charge < -0.3 is 4.98 Å². The molecule has 2 heterocycles. The van der Waals surface area contributed by atoms with Gasteiger partial charge in [0, 0.05) is 37.6 Å². The van der Waals surface area contributed by atoms with Crippen LogP contribution in [-0.2, 0) is 19.5 Å². The second-order valence-corrected chi connectivity index (χ2v) is 6.65. The third-order valence-electron chi connectivity index (χ3n) is 4.62. The quantitative estimate of drug-likeness (QED) is 0.888. The number of hydrogen-bond acceptors (Lipinski definition) is 3. The van der Waals surface area contributed by atoms with Crippen molar-refractivity contribution in [3.63, 3.8) is 0 Å². The predicted octanol–water partition coefficient (Wildman–Crippen LogP) is 3.48. The maximum Gasteiger partial charge on any atom is 0.106 e. The summed E-state index contributed by atoms with van der Waals surface area (Å²) in [5, 5.41) is 0. The van der Waals surface area contributed by atoms with E-state index in [0.29, 0.717) is 0 Å². The van der Waals surface area contributed by atoms with E-state index in [0.717, 1.165) is 36.9 Å². The largest absolute Gasteiger partial charge is 0.345 e. The highest BCUT2D eigenvalue weighted by atomic mass is 15.1. The number of rotatable bonds is 6. The monoisotopic (exact) mass is 298 g/mol. The predicted molar refractivity (Wildman–Crippen MR) is 88.4 cm³/mol. The van der Waals surface area contributed by atoms with E-state index in [1.165, 1.54) is 36.9 Å². The highest BCUT2D eigenvalue weighted by Gasteiger charge is 2.17. The van der Waals surface area contributed by atoms with Crippen LogP contribution in [0.25, 0.3) is 0 Å². The number of aryl methyl sites for hydroxylation is 1. The molecule has 0 amide bonds. The molecule has 4 heteroatoms. The smallest absolute Gasteiger partial charge is 0.106 e. The summed E-state index contributed by atoms with van der Waals surface area (Å²) in [6.45, 7) is 3.86.